The van der Waals surface area contributed by atoms with E-state index >= 15 is 0 Å². The summed E-state index contributed by atoms with van der Waals surface area (Å²) in [6, 6.07) is 9.14. The van der Waals surface area contributed by atoms with Crippen molar-refractivity contribution in [1.29, 1.82) is 0 Å². The quantitative estimate of drug-likeness (QED) is 0.807. The van der Waals surface area contributed by atoms with E-state index in [1.54, 1.807) is 6.07 Å². The first-order valence-electron chi connectivity index (χ1n) is 8.13. The largest absolute Gasteiger partial charge is 0.444 e. The Morgan fingerprint density at radius 1 is 1.24 bits per heavy atom. The van der Waals surface area contributed by atoms with Crippen LogP contribution < -0.4 is 10.6 Å². The number of anilines is 1. The number of nitrogens with one attached hydrogen (secondary N) is 2. The maximum atomic E-state index is 11.9. The maximum Gasteiger partial charge on any atom is 0.413 e. The molecule has 1 aromatic carbocycles. The zero-order valence-corrected chi connectivity index (χ0v) is 14.4. The van der Waals surface area contributed by atoms with Gasteiger partial charge in [-0.05, 0) is 30.5 Å². The van der Waals surface area contributed by atoms with Crippen LogP contribution in [0.3, 0.4) is 0 Å². The van der Waals surface area contributed by atoms with Crippen molar-refractivity contribution in [3.8, 4) is 0 Å². The minimum atomic E-state index is -0.599. The van der Waals surface area contributed by atoms with Gasteiger partial charge < -0.3 is 10.1 Å². The molecule has 1 heterocycles. The first-order valence-corrected chi connectivity index (χ1v) is 8.13. The van der Waals surface area contributed by atoms with Crippen molar-refractivity contribution in [3.63, 3.8) is 0 Å². The summed E-state index contributed by atoms with van der Waals surface area (Å²) >= 11 is 0. The molecule has 0 fully saturated rings. The second kappa shape index (κ2) is 9.36. The zero-order valence-electron chi connectivity index (χ0n) is 14.4. The molecule has 0 saturated heterocycles. The Balaban J connectivity index is 1.84. The lowest BCUT2D eigenvalue weighted by atomic mass is 10.1. The van der Waals surface area contributed by atoms with Crippen molar-refractivity contribution >= 4 is 17.8 Å². The van der Waals surface area contributed by atoms with E-state index in [4.69, 9.17) is 4.74 Å². The second-order valence-electron chi connectivity index (χ2n) is 5.67. The number of ether oxygens (including phenoxy) is 1. The van der Waals surface area contributed by atoms with Crippen molar-refractivity contribution in [2.24, 2.45) is 0 Å². The summed E-state index contributed by atoms with van der Waals surface area (Å²) in [6.45, 7) is 4.10. The van der Waals surface area contributed by atoms with Gasteiger partial charge in [0.2, 0.25) is 5.91 Å². The number of benzene rings is 1. The number of nitrogens with zero attached hydrogens (tertiary/aromatic N) is 2. The highest BCUT2D eigenvalue weighted by molar-refractivity contribution is 5.83. The lowest BCUT2D eigenvalue weighted by Crippen LogP contribution is -2.33. The van der Waals surface area contributed by atoms with Crippen LogP contribution in [0.15, 0.2) is 42.9 Å². The summed E-state index contributed by atoms with van der Waals surface area (Å²) in [5.41, 5.74) is 1.68. The molecule has 2 aromatic rings. The summed E-state index contributed by atoms with van der Waals surface area (Å²) in [5.74, 6) is 0.351. The molecule has 2 amide bonds. The third kappa shape index (κ3) is 6.58. The van der Waals surface area contributed by atoms with Crippen LogP contribution in [0.4, 0.5) is 10.6 Å². The van der Waals surface area contributed by atoms with Gasteiger partial charge in [-0.2, -0.15) is 0 Å². The Hall–Kier alpha value is -2.96. The van der Waals surface area contributed by atoms with Crippen LogP contribution in [0, 0.1) is 0 Å². The molecule has 132 valence electrons. The molecule has 0 saturated carbocycles. The van der Waals surface area contributed by atoms with Crippen LogP contribution in [0.2, 0.25) is 0 Å². The van der Waals surface area contributed by atoms with Gasteiger partial charge in [0.05, 0.1) is 6.42 Å². The fourth-order valence-corrected chi connectivity index (χ4v) is 2.10. The van der Waals surface area contributed by atoms with Gasteiger partial charge >= 0.3 is 6.09 Å². The third-order valence-corrected chi connectivity index (χ3v) is 3.56. The van der Waals surface area contributed by atoms with Gasteiger partial charge in [-0.3, -0.25) is 10.1 Å². The van der Waals surface area contributed by atoms with Crippen LogP contribution in [0.5, 0.6) is 0 Å². The number of carbonyl (C=O) groups excluding carboxylic acids is 2. The minimum absolute atomic E-state index is 0.0195. The predicted octanol–water partition coefficient (Wildman–Crippen LogP) is 2.68. The van der Waals surface area contributed by atoms with Crippen molar-refractivity contribution in [2.45, 2.75) is 39.3 Å². The number of rotatable bonds is 7. The van der Waals surface area contributed by atoms with E-state index in [1.807, 2.05) is 38.1 Å². The monoisotopic (exact) mass is 342 g/mol. The van der Waals surface area contributed by atoms with Crippen LogP contribution in [-0.2, 0) is 22.6 Å². The van der Waals surface area contributed by atoms with Crippen molar-refractivity contribution in [3.05, 3.63) is 54.0 Å². The van der Waals surface area contributed by atoms with E-state index in [9.17, 15) is 9.59 Å². The van der Waals surface area contributed by atoms with E-state index in [0.29, 0.717) is 12.2 Å². The standard InChI is InChI=1S/C18H22N4O3/c1-3-13(2)21-17(23)10-14-5-4-6-15(9-14)11-25-18(24)22-16-7-8-19-12-20-16/h4-9,12-13H,3,10-11H2,1-2H3,(H,21,23)(H,19,20,22,24). The Kier molecular flexibility index (Phi) is 6.88. The van der Waals surface area contributed by atoms with Crippen LogP contribution in [-0.4, -0.2) is 28.0 Å². The smallest absolute Gasteiger partial charge is 0.413 e. The summed E-state index contributed by atoms with van der Waals surface area (Å²) in [5, 5.41) is 5.44. The van der Waals surface area contributed by atoms with E-state index in [2.05, 4.69) is 20.6 Å². The van der Waals surface area contributed by atoms with Crippen molar-refractivity contribution in [2.75, 3.05) is 5.32 Å². The first-order chi connectivity index (χ1) is 12.1. The fourth-order valence-electron chi connectivity index (χ4n) is 2.10. The molecule has 0 aliphatic carbocycles. The van der Waals surface area contributed by atoms with Gasteiger partial charge in [0.15, 0.2) is 0 Å². The number of amides is 2. The topological polar surface area (TPSA) is 93.2 Å². The van der Waals surface area contributed by atoms with Gasteiger partial charge in [0.25, 0.3) is 0 Å². The lowest BCUT2D eigenvalue weighted by molar-refractivity contribution is -0.121. The zero-order chi connectivity index (χ0) is 18.1. The molecule has 7 nitrogen and oxygen atoms in total. The molecule has 0 aliphatic heterocycles. The summed E-state index contributed by atoms with van der Waals surface area (Å²) in [6.07, 6.45) is 3.45. The molecule has 7 heteroatoms. The third-order valence-electron chi connectivity index (χ3n) is 3.56. The van der Waals surface area contributed by atoms with Crippen molar-refractivity contribution < 1.29 is 14.3 Å². The molecular weight excluding hydrogens is 320 g/mol. The maximum absolute atomic E-state index is 11.9. The average molecular weight is 342 g/mol. The predicted molar refractivity (Wildman–Crippen MR) is 93.9 cm³/mol. The Bertz CT molecular complexity index is 706. The van der Waals surface area contributed by atoms with E-state index in [-0.39, 0.29) is 18.6 Å². The van der Waals surface area contributed by atoms with Gasteiger partial charge in [-0.15, -0.1) is 0 Å². The molecule has 0 bridgehead atoms. The highest BCUT2D eigenvalue weighted by atomic mass is 16.5. The molecule has 25 heavy (non-hydrogen) atoms. The Morgan fingerprint density at radius 2 is 2.04 bits per heavy atom. The molecule has 2 N–H and O–H groups in total. The van der Waals surface area contributed by atoms with E-state index in [0.717, 1.165) is 17.5 Å². The number of hydrogen-bond acceptors (Lipinski definition) is 5. The molecule has 1 unspecified atom stereocenters. The highest BCUT2D eigenvalue weighted by Crippen LogP contribution is 2.09. The van der Waals surface area contributed by atoms with Crippen LogP contribution in [0.1, 0.15) is 31.4 Å². The second-order valence-corrected chi connectivity index (χ2v) is 5.67. The molecule has 0 spiro atoms. The number of hydrogen-bond donors (Lipinski definition) is 2. The molecular formula is C18H22N4O3. The van der Waals surface area contributed by atoms with Crippen LogP contribution >= 0.6 is 0 Å². The fraction of sp³-hybridized carbons (Fsp3) is 0.333. The molecule has 0 radical (unpaired) electrons. The number of carbonyl (C=O) groups is 2. The SMILES string of the molecule is CCC(C)NC(=O)Cc1cccc(COC(=O)Nc2ccncn2)c1. The van der Waals surface area contributed by atoms with Gasteiger partial charge in [0, 0.05) is 12.2 Å². The molecule has 2 rings (SSSR count). The van der Waals surface area contributed by atoms with E-state index < -0.39 is 6.09 Å². The molecule has 1 atom stereocenters. The molecule has 0 aliphatic rings. The van der Waals surface area contributed by atoms with Gasteiger partial charge in [0.1, 0.15) is 18.8 Å². The number of aromatic nitrogens is 2. The van der Waals surface area contributed by atoms with Gasteiger partial charge in [-0.1, -0.05) is 31.2 Å². The Labute approximate surface area is 146 Å². The highest BCUT2D eigenvalue weighted by Gasteiger charge is 2.08. The minimum Gasteiger partial charge on any atom is -0.444 e. The summed E-state index contributed by atoms with van der Waals surface area (Å²) in [7, 11) is 0. The first kappa shape index (κ1) is 18.4. The Morgan fingerprint density at radius 3 is 2.76 bits per heavy atom. The van der Waals surface area contributed by atoms with E-state index in [1.165, 1.54) is 12.5 Å². The molecule has 1 aromatic heterocycles. The van der Waals surface area contributed by atoms with Crippen molar-refractivity contribution in [1.82, 2.24) is 15.3 Å². The van der Waals surface area contributed by atoms with Gasteiger partial charge in [-0.25, -0.2) is 14.8 Å². The summed E-state index contributed by atoms with van der Waals surface area (Å²) in [4.78, 5) is 31.3. The summed E-state index contributed by atoms with van der Waals surface area (Å²) < 4.78 is 5.16. The van der Waals surface area contributed by atoms with Crippen LogP contribution in [0.25, 0.3) is 0 Å². The lowest BCUT2D eigenvalue weighted by Gasteiger charge is -2.12. The normalized spacial score (nSPS) is 11.4. The average Bonchev–Trinajstić information content (AvgIpc) is 2.61.